The molecule has 0 saturated carbocycles. The number of ether oxygens (including phenoxy) is 2. The molecule has 0 aliphatic heterocycles. The minimum Gasteiger partial charge on any atom is -0.744 e. The van der Waals surface area contributed by atoms with Crippen LogP contribution in [0.5, 0.6) is 11.5 Å². The van der Waals surface area contributed by atoms with Crippen molar-refractivity contribution in [2.45, 2.75) is 23.6 Å². The summed E-state index contributed by atoms with van der Waals surface area (Å²) in [5, 5.41) is 26.5. The normalized spacial score (nSPS) is 11.8. The zero-order valence-corrected chi connectivity index (χ0v) is 37.2. The third-order valence-electron chi connectivity index (χ3n) is 8.45. The van der Waals surface area contributed by atoms with Gasteiger partial charge in [0.05, 0.1) is 35.4 Å². The van der Waals surface area contributed by atoms with Crippen LogP contribution in [0.2, 0.25) is 0 Å². The quantitative estimate of drug-likeness (QED) is 0.0990. The Balaban J connectivity index is 0.00000348. The van der Waals surface area contributed by atoms with Gasteiger partial charge in [0.2, 0.25) is 0 Å². The van der Waals surface area contributed by atoms with Crippen molar-refractivity contribution < 1.29 is 94.5 Å². The zero-order valence-electron chi connectivity index (χ0n) is 31.5. The number of rotatable bonds is 13. The topological polar surface area (TPSA) is 206 Å². The molecule has 6 aromatic rings. The summed E-state index contributed by atoms with van der Waals surface area (Å²) in [5.41, 5.74) is 4.22. The Hall–Kier alpha value is -3.94. The molecule has 0 atom stereocenters. The molecule has 0 fully saturated rings. The molecule has 0 radical (unpaired) electrons. The van der Waals surface area contributed by atoms with E-state index in [0.29, 0.717) is 80.3 Å². The summed E-state index contributed by atoms with van der Waals surface area (Å²) in [5.74, 6) is 0.803. The number of methoxy groups -OCH3 is 2. The second kappa shape index (κ2) is 19.0. The average Bonchev–Trinajstić information content (AvgIpc) is 3.15. The standard InChI is InChI=1S/C38H36N6O8S2.2Na/c1-5-39-33-17-9-23-7-13-27(53(45,46)47)21-29(23)37(33)43-41-31-15-11-25(19-35(31)51-3)26-12-16-32(36(20-26)52-4)42-44-38-30-22-28(54(48,49)50)14-8-24(30)10-18-34(38)40-6-2;;/h7-22,39-40H,5-6H2,1-4H3,(H,45,46,47)(H,48,49,50);;/q;2*+1/p-2. The number of nitrogens with zero attached hydrogens (tertiary/aromatic N) is 4. The van der Waals surface area contributed by atoms with Crippen LogP contribution < -0.4 is 79.2 Å². The Morgan fingerprint density at radius 1 is 0.536 bits per heavy atom. The molecule has 0 aromatic heterocycles. The molecule has 0 bridgehead atoms. The molecule has 6 rings (SSSR count). The summed E-state index contributed by atoms with van der Waals surface area (Å²) in [6, 6.07) is 26.1. The monoisotopic (exact) mass is 812 g/mol. The molecular formula is C38H34N6Na2O8S2. The van der Waals surface area contributed by atoms with Gasteiger partial charge in [-0.05, 0) is 96.4 Å². The van der Waals surface area contributed by atoms with Gasteiger partial charge in [0.15, 0.2) is 0 Å². The van der Waals surface area contributed by atoms with Gasteiger partial charge in [-0.3, -0.25) is 0 Å². The minimum absolute atomic E-state index is 0. The number of fused-ring (bicyclic) bond motifs is 2. The van der Waals surface area contributed by atoms with E-state index in [1.54, 1.807) is 48.5 Å². The van der Waals surface area contributed by atoms with Crippen LogP contribution in [0.15, 0.2) is 127 Å². The van der Waals surface area contributed by atoms with E-state index in [4.69, 9.17) is 9.47 Å². The first kappa shape index (κ1) is 44.8. The molecule has 278 valence electrons. The van der Waals surface area contributed by atoms with Crippen LogP contribution in [0, 0.1) is 0 Å². The smallest absolute Gasteiger partial charge is 0.744 e. The Morgan fingerprint density at radius 3 is 1.25 bits per heavy atom. The molecule has 0 aliphatic rings. The number of benzene rings is 6. The molecule has 56 heavy (non-hydrogen) atoms. The second-order valence-corrected chi connectivity index (χ2v) is 14.6. The van der Waals surface area contributed by atoms with Crippen molar-refractivity contribution in [3.8, 4) is 22.6 Å². The van der Waals surface area contributed by atoms with E-state index < -0.39 is 20.2 Å². The van der Waals surface area contributed by atoms with Crippen molar-refractivity contribution in [3.05, 3.63) is 97.1 Å². The summed E-state index contributed by atoms with van der Waals surface area (Å²) in [6.07, 6.45) is 0. The fraction of sp³-hybridized carbons (Fsp3) is 0.158. The van der Waals surface area contributed by atoms with Gasteiger partial charge < -0.3 is 29.2 Å². The van der Waals surface area contributed by atoms with Crippen LogP contribution in [0.25, 0.3) is 32.7 Å². The molecule has 0 amide bonds. The fourth-order valence-electron chi connectivity index (χ4n) is 5.85. The van der Waals surface area contributed by atoms with E-state index in [0.717, 1.165) is 11.1 Å². The maximum atomic E-state index is 11.8. The summed E-state index contributed by atoms with van der Waals surface area (Å²) in [7, 11) is -6.40. The van der Waals surface area contributed by atoms with Crippen LogP contribution in [-0.4, -0.2) is 53.3 Å². The summed E-state index contributed by atoms with van der Waals surface area (Å²) in [4.78, 5) is -0.743. The number of anilines is 2. The second-order valence-electron chi connectivity index (χ2n) is 11.8. The molecule has 0 saturated heterocycles. The molecule has 0 spiro atoms. The molecule has 0 unspecified atom stereocenters. The summed E-state index contributed by atoms with van der Waals surface area (Å²) < 4.78 is 82.1. The van der Waals surface area contributed by atoms with Crippen LogP contribution in [0.1, 0.15) is 13.8 Å². The van der Waals surface area contributed by atoms with Crippen LogP contribution >= 0.6 is 0 Å². The molecule has 0 heterocycles. The minimum atomic E-state index is -4.70. The summed E-state index contributed by atoms with van der Waals surface area (Å²) in [6.45, 7) is 4.94. The van der Waals surface area contributed by atoms with Crippen molar-refractivity contribution in [2.24, 2.45) is 20.5 Å². The van der Waals surface area contributed by atoms with Crippen LogP contribution in [-0.2, 0) is 20.2 Å². The average molecular weight is 813 g/mol. The predicted molar refractivity (Wildman–Crippen MR) is 205 cm³/mol. The summed E-state index contributed by atoms with van der Waals surface area (Å²) >= 11 is 0. The zero-order chi connectivity index (χ0) is 38.6. The molecule has 0 aliphatic carbocycles. The first-order valence-corrected chi connectivity index (χ1v) is 19.4. The third kappa shape index (κ3) is 9.95. The van der Waals surface area contributed by atoms with Gasteiger partial charge in [-0.1, -0.05) is 36.4 Å². The molecule has 18 heteroatoms. The van der Waals surface area contributed by atoms with Crippen molar-refractivity contribution >= 4 is 75.9 Å². The van der Waals surface area contributed by atoms with E-state index in [9.17, 15) is 25.9 Å². The van der Waals surface area contributed by atoms with Gasteiger partial charge in [-0.25, -0.2) is 16.8 Å². The molecule has 6 aromatic carbocycles. The van der Waals surface area contributed by atoms with Crippen molar-refractivity contribution in [1.82, 2.24) is 0 Å². The van der Waals surface area contributed by atoms with Gasteiger partial charge in [-0.15, -0.1) is 20.5 Å². The van der Waals surface area contributed by atoms with E-state index >= 15 is 0 Å². The first-order valence-electron chi connectivity index (χ1n) is 16.6. The van der Waals surface area contributed by atoms with Gasteiger partial charge in [-0.2, -0.15) is 0 Å². The fourth-order valence-corrected chi connectivity index (χ4v) is 6.84. The third-order valence-corrected chi connectivity index (χ3v) is 10.1. The Morgan fingerprint density at radius 2 is 0.911 bits per heavy atom. The van der Waals surface area contributed by atoms with E-state index in [2.05, 4.69) is 31.1 Å². The Labute approximate surface area is 368 Å². The number of hydrogen-bond donors (Lipinski definition) is 2. The van der Waals surface area contributed by atoms with Crippen molar-refractivity contribution in [1.29, 1.82) is 0 Å². The van der Waals surface area contributed by atoms with Crippen LogP contribution in [0.3, 0.4) is 0 Å². The van der Waals surface area contributed by atoms with Crippen molar-refractivity contribution in [3.63, 3.8) is 0 Å². The van der Waals surface area contributed by atoms with Gasteiger partial charge in [0, 0.05) is 23.9 Å². The predicted octanol–water partition coefficient (Wildman–Crippen LogP) is 3.19. The number of nitrogens with one attached hydrogen (secondary N) is 2. The molecule has 2 N–H and O–H groups in total. The Kier molecular flexibility index (Phi) is 15.2. The van der Waals surface area contributed by atoms with Gasteiger partial charge >= 0.3 is 59.1 Å². The SMILES string of the molecule is CCNc1ccc2ccc(S(=O)(=O)[O-])cc2c1N=Nc1ccc(-c2ccc(N=Nc3c(NCC)ccc4ccc(S(=O)(=O)[O-])cc34)c(OC)c2)cc1OC.[Na+].[Na+]. The van der Waals surface area contributed by atoms with Gasteiger partial charge in [0.25, 0.3) is 0 Å². The first-order chi connectivity index (χ1) is 25.8. The van der Waals surface area contributed by atoms with E-state index in [1.165, 1.54) is 38.5 Å². The van der Waals surface area contributed by atoms with E-state index in [-0.39, 0.29) is 68.9 Å². The van der Waals surface area contributed by atoms with Gasteiger partial charge in [0.1, 0.15) is 54.5 Å². The maximum Gasteiger partial charge on any atom is 1.00 e. The van der Waals surface area contributed by atoms with E-state index in [1.807, 2.05) is 38.1 Å². The number of hydrogen-bond acceptors (Lipinski definition) is 14. The molecular weight excluding hydrogens is 779 g/mol. The maximum absolute atomic E-state index is 11.8. The van der Waals surface area contributed by atoms with Crippen LogP contribution in [0.4, 0.5) is 34.1 Å². The van der Waals surface area contributed by atoms with Crippen molar-refractivity contribution in [2.75, 3.05) is 37.9 Å². The Bertz CT molecular complexity index is 2510. The number of azo groups is 2. The molecule has 14 nitrogen and oxygen atoms in total. The largest absolute Gasteiger partial charge is 1.00 e.